The second-order valence-electron chi connectivity index (χ2n) is 4.87. The molecule has 1 aliphatic rings. The average Bonchev–Trinajstić information content (AvgIpc) is 2.45. The molecule has 1 saturated heterocycles. The van der Waals surface area contributed by atoms with Crippen LogP contribution in [0.3, 0.4) is 0 Å². The molecule has 0 bridgehead atoms. The molecule has 1 fully saturated rings. The molecule has 0 atom stereocenters. The lowest BCUT2D eigenvalue weighted by Gasteiger charge is -2.21. The van der Waals surface area contributed by atoms with Crippen molar-refractivity contribution in [2.24, 2.45) is 5.92 Å². The van der Waals surface area contributed by atoms with E-state index in [2.05, 4.69) is 5.14 Å². The van der Waals surface area contributed by atoms with Gasteiger partial charge >= 0.3 is 15.7 Å². The monoisotopic (exact) mass is 317 g/mol. The van der Waals surface area contributed by atoms with Crippen molar-refractivity contribution in [2.45, 2.75) is 17.7 Å². The first-order valence-electron chi connectivity index (χ1n) is 6.45. The molecule has 0 aromatic heterocycles. The lowest BCUT2D eigenvalue weighted by Crippen LogP contribution is -2.56. The van der Waals surface area contributed by atoms with Crippen molar-refractivity contribution in [2.75, 3.05) is 19.8 Å². The Morgan fingerprint density at radius 1 is 1.38 bits per heavy atom. The lowest BCUT2D eigenvalue weighted by molar-refractivity contribution is -0.386. The topological polar surface area (TPSA) is 123 Å². The molecule has 116 valence electrons. The highest BCUT2D eigenvalue weighted by Gasteiger charge is 2.23. The number of hydrogen-bond donors (Lipinski definition) is 1. The van der Waals surface area contributed by atoms with E-state index in [1.54, 1.807) is 0 Å². The van der Waals surface area contributed by atoms with Gasteiger partial charge in [0.15, 0.2) is 5.75 Å². The Bertz CT molecular complexity index is 625. The zero-order chi connectivity index (χ0) is 15.5. The number of ether oxygens (including phenoxy) is 2. The van der Waals surface area contributed by atoms with Crippen LogP contribution in [-0.4, -0.2) is 33.2 Å². The van der Waals surface area contributed by atoms with Crippen molar-refractivity contribution in [1.82, 2.24) is 0 Å². The maximum atomic E-state index is 11.3. The van der Waals surface area contributed by atoms with E-state index in [4.69, 9.17) is 9.47 Å². The lowest BCUT2D eigenvalue weighted by atomic mass is 10.0. The van der Waals surface area contributed by atoms with Gasteiger partial charge in [0.1, 0.15) is 4.90 Å². The number of benzene rings is 1. The first kappa shape index (κ1) is 15.7. The zero-order valence-corrected chi connectivity index (χ0v) is 12.2. The third-order valence-corrected chi connectivity index (χ3v) is 4.27. The molecule has 1 aromatic carbocycles. The van der Waals surface area contributed by atoms with E-state index in [0.717, 1.165) is 18.9 Å². The van der Waals surface area contributed by atoms with E-state index in [9.17, 15) is 18.5 Å². The summed E-state index contributed by atoms with van der Waals surface area (Å²) in [5, 5.41) is 14.0. The van der Waals surface area contributed by atoms with Gasteiger partial charge in [-0.25, -0.2) is 5.14 Å². The predicted octanol–water partition coefficient (Wildman–Crippen LogP) is 0.331. The SMILES string of the molecule is [NH3+]S(=O)(=O)c1ccc(OCC2CCOCC2)c([N+](=O)[O-])c1. The molecule has 2 rings (SSSR count). The molecule has 0 amide bonds. The number of nitro benzene ring substituents is 1. The van der Waals surface area contributed by atoms with Crippen molar-refractivity contribution < 1.29 is 28.0 Å². The van der Waals surface area contributed by atoms with Crippen LogP contribution in [0.1, 0.15) is 12.8 Å². The van der Waals surface area contributed by atoms with Crippen LogP contribution in [0.2, 0.25) is 0 Å². The van der Waals surface area contributed by atoms with Gasteiger partial charge in [0.2, 0.25) is 0 Å². The predicted molar refractivity (Wildman–Crippen MR) is 72.2 cm³/mol. The summed E-state index contributed by atoms with van der Waals surface area (Å²) in [7, 11) is -3.74. The molecule has 0 radical (unpaired) electrons. The standard InChI is InChI=1S/C12H16N2O6S/c13-21(17,18)10-1-2-12(11(7-10)14(15)16)20-8-9-3-5-19-6-4-9/h1-2,7,9H,3-6,8H2,(H2,13,17,18)/p+1. The highest BCUT2D eigenvalue weighted by Crippen LogP contribution is 2.30. The van der Waals surface area contributed by atoms with Crippen LogP contribution in [0.15, 0.2) is 23.1 Å². The summed E-state index contributed by atoms with van der Waals surface area (Å²) in [6, 6.07) is 3.53. The normalized spacial score (nSPS) is 16.6. The number of rotatable bonds is 5. The van der Waals surface area contributed by atoms with Crippen molar-refractivity contribution in [3.63, 3.8) is 0 Å². The number of nitrogens with zero attached hydrogens (tertiary/aromatic N) is 1. The van der Waals surface area contributed by atoms with Gasteiger partial charge in [0, 0.05) is 19.3 Å². The van der Waals surface area contributed by atoms with E-state index >= 15 is 0 Å². The fraction of sp³-hybridized carbons (Fsp3) is 0.500. The van der Waals surface area contributed by atoms with E-state index in [0.29, 0.717) is 19.8 Å². The molecule has 1 aliphatic heterocycles. The molecule has 0 aliphatic carbocycles. The van der Waals surface area contributed by atoms with Gasteiger partial charge in [-0.3, -0.25) is 10.1 Å². The number of nitro groups is 1. The van der Waals surface area contributed by atoms with Crippen LogP contribution >= 0.6 is 0 Å². The smallest absolute Gasteiger partial charge is 0.322 e. The molecule has 3 N–H and O–H groups in total. The van der Waals surface area contributed by atoms with Crippen molar-refractivity contribution in [1.29, 1.82) is 0 Å². The van der Waals surface area contributed by atoms with Crippen LogP contribution in [0.25, 0.3) is 0 Å². The van der Waals surface area contributed by atoms with Crippen molar-refractivity contribution in [3.8, 4) is 5.75 Å². The van der Waals surface area contributed by atoms with Crippen LogP contribution in [0.4, 0.5) is 5.69 Å². The first-order valence-corrected chi connectivity index (χ1v) is 8.10. The fourth-order valence-electron chi connectivity index (χ4n) is 2.08. The number of hydrogen-bond acceptors (Lipinski definition) is 6. The van der Waals surface area contributed by atoms with E-state index in [1.807, 2.05) is 0 Å². The Labute approximate surface area is 122 Å². The minimum Gasteiger partial charge on any atom is -0.487 e. The maximum Gasteiger partial charge on any atom is 0.322 e. The highest BCUT2D eigenvalue weighted by molar-refractivity contribution is 7.84. The van der Waals surface area contributed by atoms with Crippen molar-refractivity contribution in [3.05, 3.63) is 28.3 Å². The third-order valence-electron chi connectivity index (χ3n) is 3.30. The average molecular weight is 317 g/mol. The molecule has 1 aromatic rings. The van der Waals surface area contributed by atoms with Gasteiger partial charge in [-0.2, -0.15) is 8.42 Å². The van der Waals surface area contributed by atoms with Crippen molar-refractivity contribution >= 4 is 15.7 Å². The highest BCUT2D eigenvalue weighted by atomic mass is 32.2. The summed E-state index contributed by atoms with van der Waals surface area (Å²) in [5.74, 6) is 0.355. The van der Waals surface area contributed by atoms with Gasteiger partial charge < -0.3 is 9.47 Å². The quantitative estimate of drug-likeness (QED) is 0.616. The molecular formula is C12H17N2O6S+. The molecular weight excluding hydrogens is 300 g/mol. The number of sulfonamides is 1. The summed E-state index contributed by atoms with van der Waals surface area (Å²) in [5.41, 5.74) is -0.369. The minimum atomic E-state index is -3.74. The summed E-state index contributed by atoms with van der Waals surface area (Å²) >= 11 is 0. The number of quaternary nitrogens is 1. The molecule has 0 unspecified atom stereocenters. The Morgan fingerprint density at radius 3 is 2.62 bits per heavy atom. The van der Waals surface area contributed by atoms with Gasteiger partial charge in [0.25, 0.3) is 0 Å². The first-order chi connectivity index (χ1) is 9.88. The zero-order valence-electron chi connectivity index (χ0n) is 11.4. The maximum absolute atomic E-state index is 11.3. The van der Waals surface area contributed by atoms with Gasteiger partial charge in [0.05, 0.1) is 11.5 Å². The summed E-state index contributed by atoms with van der Waals surface area (Å²) in [6.07, 6.45) is 1.69. The Balaban J connectivity index is 2.16. The van der Waals surface area contributed by atoms with Gasteiger partial charge in [-0.1, -0.05) is 0 Å². The molecule has 8 nitrogen and oxygen atoms in total. The van der Waals surface area contributed by atoms with Gasteiger partial charge in [-0.05, 0) is 30.9 Å². The largest absolute Gasteiger partial charge is 0.487 e. The second-order valence-corrected chi connectivity index (χ2v) is 6.57. The van der Waals surface area contributed by atoms with E-state index in [1.165, 1.54) is 12.1 Å². The Kier molecular flexibility index (Phi) is 4.76. The summed E-state index contributed by atoms with van der Waals surface area (Å²) < 4.78 is 33.4. The van der Waals surface area contributed by atoms with Gasteiger partial charge in [-0.15, -0.1) is 0 Å². The van der Waals surface area contributed by atoms with Crippen LogP contribution in [0.5, 0.6) is 5.75 Å². The van der Waals surface area contributed by atoms with E-state index in [-0.39, 0.29) is 22.3 Å². The molecule has 21 heavy (non-hydrogen) atoms. The van der Waals surface area contributed by atoms with E-state index < -0.39 is 14.9 Å². The molecule has 0 spiro atoms. The van der Waals surface area contributed by atoms with Crippen LogP contribution < -0.4 is 9.88 Å². The Morgan fingerprint density at radius 2 is 2.05 bits per heavy atom. The third kappa shape index (κ3) is 4.13. The minimum absolute atomic E-state index is 0.0684. The molecule has 0 saturated carbocycles. The second kappa shape index (κ2) is 6.37. The van der Waals surface area contributed by atoms with Crippen LogP contribution in [0, 0.1) is 16.0 Å². The Hall–Kier alpha value is -1.71. The molecule has 1 heterocycles. The summed E-state index contributed by atoms with van der Waals surface area (Å²) in [6.45, 7) is 1.67. The summed E-state index contributed by atoms with van der Waals surface area (Å²) in [4.78, 5) is 10.2. The van der Waals surface area contributed by atoms with Crippen LogP contribution in [-0.2, 0) is 14.8 Å². The fourth-order valence-corrected chi connectivity index (χ4v) is 2.64. The molecule has 9 heteroatoms.